The Hall–Kier alpha value is -2.50. The Kier molecular flexibility index (Phi) is 6.23. The van der Waals surface area contributed by atoms with E-state index in [1.807, 2.05) is 41.2 Å². The van der Waals surface area contributed by atoms with Crippen LogP contribution in [0.1, 0.15) is 26.5 Å². The smallest absolute Gasteiger partial charge is 0.191 e. The Bertz CT molecular complexity index is 660. The molecule has 0 aliphatic heterocycles. The molecule has 0 amide bonds. The molecule has 1 aromatic carbocycles. The standard InChI is InChI=1S/C18H27N5O/c1-13(2)14(3)21-18(19-4)20-12-15-10-11-23(22-15)16-6-8-17(24-5)9-7-16/h6-11,13-14H,12H2,1-5H3,(H2,19,20,21). The Morgan fingerprint density at radius 1 is 1.21 bits per heavy atom. The average Bonchev–Trinajstić information content (AvgIpc) is 3.07. The lowest BCUT2D eigenvalue weighted by molar-refractivity contribution is 0.414. The topological polar surface area (TPSA) is 63.5 Å². The summed E-state index contributed by atoms with van der Waals surface area (Å²) in [5, 5.41) is 11.3. The van der Waals surface area contributed by atoms with Gasteiger partial charge in [0.25, 0.3) is 0 Å². The van der Waals surface area contributed by atoms with Crippen LogP contribution in [0.2, 0.25) is 0 Å². The van der Waals surface area contributed by atoms with E-state index in [1.54, 1.807) is 14.2 Å². The van der Waals surface area contributed by atoms with Gasteiger partial charge >= 0.3 is 0 Å². The van der Waals surface area contributed by atoms with E-state index in [4.69, 9.17) is 4.74 Å². The Morgan fingerprint density at radius 2 is 1.92 bits per heavy atom. The normalized spacial score (nSPS) is 13.0. The molecule has 0 bridgehead atoms. The molecular formula is C18H27N5O. The molecule has 1 unspecified atom stereocenters. The minimum absolute atomic E-state index is 0.355. The third kappa shape index (κ3) is 4.75. The number of rotatable bonds is 6. The van der Waals surface area contributed by atoms with Crippen LogP contribution in [-0.4, -0.2) is 35.9 Å². The maximum Gasteiger partial charge on any atom is 0.191 e. The molecule has 0 spiro atoms. The lowest BCUT2D eigenvalue weighted by Crippen LogP contribution is -2.43. The third-order valence-electron chi connectivity index (χ3n) is 4.01. The molecule has 6 nitrogen and oxygen atoms in total. The number of nitrogens with zero attached hydrogens (tertiary/aromatic N) is 3. The lowest BCUT2D eigenvalue weighted by Gasteiger charge is -2.20. The van der Waals surface area contributed by atoms with Gasteiger partial charge in [-0.2, -0.15) is 5.10 Å². The van der Waals surface area contributed by atoms with E-state index in [1.165, 1.54) is 0 Å². The summed E-state index contributed by atoms with van der Waals surface area (Å²) in [6.07, 6.45) is 1.95. The molecular weight excluding hydrogens is 302 g/mol. The molecule has 0 aliphatic carbocycles. The van der Waals surface area contributed by atoms with Crippen LogP contribution >= 0.6 is 0 Å². The van der Waals surface area contributed by atoms with E-state index in [-0.39, 0.29) is 0 Å². The van der Waals surface area contributed by atoms with Gasteiger partial charge in [0.2, 0.25) is 0 Å². The number of hydrogen-bond donors (Lipinski definition) is 2. The second-order valence-corrected chi connectivity index (χ2v) is 6.05. The monoisotopic (exact) mass is 329 g/mol. The highest BCUT2D eigenvalue weighted by molar-refractivity contribution is 5.79. The summed E-state index contributed by atoms with van der Waals surface area (Å²) >= 11 is 0. The first-order chi connectivity index (χ1) is 11.5. The highest BCUT2D eigenvalue weighted by Crippen LogP contribution is 2.14. The van der Waals surface area contributed by atoms with Gasteiger partial charge in [0.15, 0.2) is 5.96 Å². The van der Waals surface area contributed by atoms with Crippen molar-refractivity contribution >= 4 is 5.96 Å². The van der Waals surface area contributed by atoms with Crippen molar-refractivity contribution in [1.82, 2.24) is 20.4 Å². The summed E-state index contributed by atoms with van der Waals surface area (Å²) in [4.78, 5) is 4.26. The number of hydrogen-bond acceptors (Lipinski definition) is 3. The summed E-state index contributed by atoms with van der Waals surface area (Å²) in [6.45, 7) is 7.13. The van der Waals surface area contributed by atoms with Gasteiger partial charge in [0, 0.05) is 19.3 Å². The first-order valence-corrected chi connectivity index (χ1v) is 8.19. The van der Waals surface area contributed by atoms with Crippen molar-refractivity contribution in [2.75, 3.05) is 14.2 Å². The van der Waals surface area contributed by atoms with Crippen LogP contribution in [-0.2, 0) is 6.54 Å². The van der Waals surface area contributed by atoms with Crippen LogP contribution in [0.3, 0.4) is 0 Å². The van der Waals surface area contributed by atoms with Crippen molar-refractivity contribution < 1.29 is 4.74 Å². The van der Waals surface area contributed by atoms with Crippen LogP contribution in [0.15, 0.2) is 41.5 Å². The second-order valence-electron chi connectivity index (χ2n) is 6.05. The molecule has 1 heterocycles. The number of methoxy groups -OCH3 is 1. The second kappa shape index (κ2) is 8.38. The number of guanidine groups is 1. The molecule has 1 aromatic heterocycles. The van der Waals surface area contributed by atoms with Gasteiger partial charge in [-0.05, 0) is 43.2 Å². The molecule has 0 saturated heterocycles. The summed E-state index contributed by atoms with van der Waals surface area (Å²) < 4.78 is 7.03. The summed E-state index contributed by atoms with van der Waals surface area (Å²) in [5.41, 5.74) is 1.95. The van der Waals surface area contributed by atoms with Crippen molar-refractivity contribution in [3.63, 3.8) is 0 Å². The number of aromatic nitrogens is 2. The Morgan fingerprint density at radius 3 is 2.50 bits per heavy atom. The van der Waals surface area contributed by atoms with Gasteiger partial charge in [0.05, 0.1) is 25.0 Å². The van der Waals surface area contributed by atoms with Gasteiger partial charge in [-0.3, -0.25) is 4.99 Å². The molecule has 0 aliphatic rings. The number of aliphatic imine (C=N–C) groups is 1. The fourth-order valence-corrected chi connectivity index (χ4v) is 2.09. The van der Waals surface area contributed by atoms with E-state index in [0.717, 1.165) is 23.1 Å². The predicted octanol–water partition coefficient (Wildman–Crippen LogP) is 2.59. The highest BCUT2D eigenvalue weighted by atomic mass is 16.5. The molecule has 2 N–H and O–H groups in total. The van der Waals surface area contributed by atoms with Crippen LogP contribution in [0.5, 0.6) is 5.75 Å². The summed E-state index contributed by atoms with van der Waals surface area (Å²) in [6, 6.07) is 10.2. The van der Waals surface area contributed by atoms with Crippen molar-refractivity contribution in [1.29, 1.82) is 0 Å². The van der Waals surface area contributed by atoms with Crippen molar-refractivity contribution in [3.05, 3.63) is 42.2 Å². The lowest BCUT2D eigenvalue weighted by atomic mass is 10.1. The molecule has 2 rings (SSSR count). The molecule has 1 atom stereocenters. The van der Waals surface area contributed by atoms with E-state index in [2.05, 4.69) is 41.5 Å². The van der Waals surface area contributed by atoms with E-state index < -0.39 is 0 Å². The predicted molar refractivity (Wildman–Crippen MR) is 97.8 cm³/mol. The fourth-order valence-electron chi connectivity index (χ4n) is 2.09. The Labute approximate surface area is 143 Å². The van der Waals surface area contributed by atoms with Gasteiger partial charge in [-0.25, -0.2) is 4.68 Å². The zero-order valence-corrected chi connectivity index (χ0v) is 15.1. The van der Waals surface area contributed by atoms with Gasteiger partial charge in [0.1, 0.15) is 5.75 Å². The molecule has 24 heavy (non-hydrogen) atoms. The highest BCUT2D eigenvalue weighted by Gasteiger charge is 2.09. The SMILES string of the molecule is CN=C(NCc1ccn(-c2ccc(OC)cc2)n1)NC(C)C(C)C. The maximum absolute atomic E-state index is 5.18. The summed E-state index contributed by atoms with van der Waals surface area (Å²) in [5.74, 6) is 2.16. The fraction of sp³-hybridized carbons (Fsp3) is 0.444. The quantitative estimate of drug-likeness (QED) is 0.632. The maximum atomic E-state index is 5.18. The van der Waals surface area contributed by atoms with Gasteiger partial charge < -0.3 is 15.4 Å². The van der Waals surface area contributed by atoms with E-state index in [9.17, 15) is 0 Å². The van der Waals surface area contributed by atoms with Crippen molar-refractivity contribution in [3.8, 4) is 11.4 Å². The zero-order chi connectivity index (χ0) is 17.5. The van der Waals surface area contributed by atoms with Crippen LogP contribution in [0.4, 0.5) is 0 Å². The first-order valence-electron chi connectivity index (χ1n) is 8.19. The van der Waals surface area contributed by atoms with Gasteiger partial charge in [-0.1, -0.05) is 13.8 Å². The Balaban J connectivity index is 1.95. The van der Waals surface area contributed by atoms with Gasteiger partial charge in [-0.15, -0.1) is 0 Å². The van der Waals surface area contributed by atoms with Crippen LogP contribution < -0.4 is 15.4 Å². The zero-order valence-electron chi connectivity index (χ0n) is 15.1. The van der Waals surface area contributed by atoms with Crippen LogP contribution in [0, 0.1) is 5.92 Å². The molecule has 0 saturated carbocycles. The minimum atomic E-state index is 0.355. The first kappa shape index (κ1) is 17.8. The molecule has 2 aromatic rings. The molecule has 0 radical (unpaired) electrons. The third-order valence-corrected chi connectivity index (χ3v) is 4.01. The van der Waals surface area contributed by atoms with Crippen molar-refractivity contribution in [2.24, 2.45) is 10.9 Å². The molecule has 6 heteroatoms. The number of ether oxygens (including phenoxy) is 1. The van der Waals surface area contributed by atoms with E-state index >= 15 is 0 Å². The largest absolute Gasteiger partial charge is 0.497 e. The van der Waals surface area contributed by atoms with E-state index in [0.29, 0.717) is 18.5 Å². The minimum Gasteiger partial charge on any atom is -0.497 e. The molecule has 130 valence electrons. The average molecular weight is 329 g/mol. The number of benzene rings is 1. The summed E-state index contributed by atoms with van der Waals surface area (Å²) in [7, 11) is 3.44. The molecule has 0 fully saturated rings. The number of nitrogens with one attached hydrogen (secondary N) is 2. The van der Waals surface area contributed by atoms with Crippen molar-refractivity contribution in [2.45, 2.75) is 33.4 Å². The van der Waals surface area contributed by atoms with Crippen LogP contribution in [0.25, 0.3) is 5.69 Å².